The highest BCUT2D eigenvalue weighted by Crippen LogP contribution is 2.22. The molecule has 6 heteroatoms. The Balaban J connectivity index is 2.09. The van der Waals surface area contributed by atoms with E-state index >= 15 is 0 Å². The number of esters is 1. The highest BCUT2D eigenvalue weighted by molar-refractivity contribution is 5.90. The molecule has 0 saturated carbocycles. The van der Waals surface area contributed by atoms with Crippen LogP contribution in [0.25, 0.3) is 0 Å². The number of carbonyl (C=O) groups excluding carboxylic acids is 1. The Morgan fingerprint density at radius 3 is 2.86 bits per heavy atom. The van der Waals surface area contributed by atoms with Crippen molar-refractivity contribution >= 4 is 11.7 Å². The van der Waals surface area contributed by atoms with Gasteiger partial charge in [-0.15, -0.1) is 0 Å². The molecule has 1 fully saturated rings. The Morgan fingerprint density at radius 1 is 1.48 bits per heavy atom. The van der Waals surface area contributed by atoms with Gasteiger partial charge in [0.1, 0.15) is 11.6 Å². The van der Waals surface area contributed by atoms with E-state index in [0.717, 1.165) is 39.0 Å². The van der Waals surface area contributed by atoms with Crippen molar-refractivity contribution in [3.63, 3.8) is 0 Å². The average Bonchev–Trinajstić information content (AvgIpc) is 2.93. The first-order chi connectivity index (χ1) is 10.0. The van der Waals surface area contributed by atoms with Gasteiger partial charge in [-0.1, -0.05) is 0 Å². The molecule has 0 bridgehead atoms. The summed E-state index contributed by atoms with van der Waals surface area (Å²) >= 11 is 0. The zero-order chi connectivity index (χ0) is 15.4. The monoisotopic (exact) mass is 298 g/mol. The largest absolute Gasteiger partial charge is 0.465 e. The van der Waals surface area contributed by atoms with Gasteiger partial charge in [-0.05, 0) is 38.8 Å². The first-order valence-corrected chi connectivity index (χ1v) is 7.08. The molecule has 0 amide bonds. The van der Waals surface area contributed by atoms with Gasteiger partial charge < -0.3 is 15.4 Å². The highest BCUT2D eigenvalue weighted by atomic mass is 19.1. The van der Waals surface area contributed by atoms with Gasteiger partial charge >= 0.3 is 5.97 Å². The minimum absolute atomic E-state index is 0.00561. The molecule has 1 aliphatic heterocycles. The topological polar surface area (TPSA) is 50.4 Å². The summed E-state index contributed by atoms with van der Waals surface area (Å²) in [5.74, 6) is -2.46. The molecule has 0 aliphatic carbocycles. The number of hydrogen-bond donors (Lipinski definition) is 2. The molecule has 1 heterocycles. The number of anilines is 1. The van der Waals surface area contributed by atoms with Crippen molar-refractivity contribution in [2.75, 3.05) is 19.0 Å². The fourth-order valence-electron chi connectivity index (χ4n) is 2.64. The van der Waals surface area contributed by atoms with E-state index in [1.165, 1.54) is 0 Å². The normalized spacial score (nSPS) is 19.3. The van der Waals surface area contributed by atoms with Crippen LogP contribution < -0.4 is 10.6 Å². The second-order valence-electron chi connectivity index (χ2n) is 5.38. The molecule has 1 aliphatic rings. The number of rotatable bonds is 5. The molecule has 2 unspecified atom stereocenters. The third-order valence-corrected chi connectivity index (χ3v) is 3.66. The summed E-state index contributed by atoms with van der Waals surface area (Å²) in [4.78, 5) is 11.4. The molecule has 2 rings (SSSR count). The van der Waals surface area contributed by atoms with Gasteiger partial charge in [0, 0.05) is 18.2 Å². The number of carbonyl (C=O) groups is 1. The minimum Gasteiger partial charge on any atom is -0.465 e. The van der Waals surface area contributed by atoms with Crippen LogP contribution in [0.1, 0.15) is 36.5 Å². The van der Waals surface area contributed by atoms with Crippen LogP contribution in [0.4, 0.5) is 14.5 Å². The zero-order valence-corrected chi connectivity index (χ0v) is 12.2. The molecule has 1 saturated heterocycles. The minimum atomic E-state index is -0.921. The van der Waals surface area contributed by atoms with E-state index in [9.17, 15) is 13.6 Å². The van der Waals surface area contributed by atoms with E-state index in [-0.39, 0.29) is 17.3 Å². The Morgan fingerprint density at radius 2 is 2.24 bits per heavy atom. The van der Waals surface area contributed by atoms with Crippen LogP contribution in [0.2, 0.25) is 0 Å². The highest BCUT2D eigenvalue weighted by Gasteiger charge is 2.20. The molecule has 2 N–H and O–H groups in total. The molecule has 0 aromatic heterocycles. The molecule has 4 nitrogen and oxygen atoms in total. The second kappa shape index (κ2) is 6.85. The van der Waals surface area contributed by atoms with Gasteiger partial charge in [-0.25, -0.2) is 13.6 Å². The number of methoxy groups -OCH3 is 1. The van der Waals surface area contributed by atoms with Crippen LogP contribution in [0.15, 0.2) is 12.1 Å². The van der Waals surface area contributed by atoms with E-state index < -0.39 is 17.6 Å². The SMILES string of the molecule is COC(=O)c1cc(NC(C)CC2CCCN2)c(F)cc1F. The molecule has 116 valence electrons. The third-order valence-electron chi connectivity index (χ3n) is 3.66. The average molecular weight is 298 g/mol. The third kappa shape index (κ3) is 3.91. The fourth-order valence-corrected chi connectivity index (χ4v) is 2.64. The summed E-state index contributed by atoms with van der Waals surface area (Å²) < 4.78 is 31.8. The van der Waals surface area contributed by atoms with E-state index in [1.807, 2.05) is 6.92 Å². The zero-order valence-electron chi connectivity index (χ0n) is 12.2. The van der Waals surface area contributed by atoms with Crippen molar-refractivity contribution in [3.8, 4) is 0 Å². The molecule has 1 aromatic rings. The summed E-state index contributed by atoms with van der Waals surface area (Å²) in [6, 6.07) is 2.28. The smallest absolute Gasteiger partial charge is 0.340 e. The molecule has 0 radical (unpaired) electrons. The summed E-state index contributed by atoms with van der Waals surface area (Å²) in [5.41, 5.74) is -0.158. The number of hydrogen-bond acceptors (Lipinski definition) is 4. The number of ether oxygens (including phenoxy) is 1. The van der Waals surface area contributed by atoms with Crippen LogP contribution in [-0.2, 0) is 4.74 Å². The van der Waals surface area contributed by atoms with Gasteiger partial charge in [0.15, 0.2) is 0 Å². The van der Waals surface area contributed by atoms with Crippen molar-refractivity contribution in [3.05, 3.63) is 29.3 Å². The molecular formula is C15H20F2N2O2. The summed E-state index contributed by atoms with van der Waals surface area (Å²) in [5, 5.41) is 6.36. The maximum atomic E-state index is 13.8. The first-order valence-electron chi connectivity index (χ1n) is 7.08. The Hall–Kier alpha value is -1.69. The predicted octanol–water partition coefficient (Wildman–Crippen LogP) is 2.69. The molecule has 2 atom stereocenters. The summed E-state index contributed by atoms with van der Waals surface area (Å²) in [7, 11) is 1.16. The lowest BCUT2D eigenvalue weighted by Gasteiger charge is -2.20. The van der Waals surface area contributed by atoms with Crippen LogP contribution in [0, 0.1) is 11.6 Å². The standard InChI is InChI=1S/C15H20F2N2O2/c1-9(6-10-4-3-5-18-10)19-14-7-11(15(20)21-2)12(16)8-13(14)17/h7-10,18-19H,3-6H2,1-2H3. The van der Waals surface area contributed by atoms with Crippen LogP contribution >= 0.6 is 0 Å². The van der Waals surface area contributed by atoms with Gasteiger partial charge in [0.25, 0.3) is 0 Å². The Bertz CT molecular complexity index is 517. The van der Waals surface area contributed by atoms with Crippen molar-refractivity contribution in [1.29, 1.82) is 0 Å². The van der Waals surface area contributed by atoms with Gasteiger partial charge in [-0.3, -0.25) is 0 Å². The first kappa shape index (κ1) is 15.7. The van der Waals surface area contributed by atoms with Gasteiger partial charge in [-0.2, -0.15) is 0 Å². The van der Waals surface area contributed by atoms with Gasteiger partial charge in [0.2, 0.25) is 0 Å². The van der Waals surface area contributed by atoms with E-state index in [1.54, 1.807) is 0 Å². The Labute approximate surface area is 122 Å². The lowest BCUT2D eigenvalue weighted by atomic mass is 10.1. The van der Waals surface area contributed by atoms with Crippen LogP contribution in [0.5, 0.6) is 0 Å². The number of benzene rings is 1. The Kier molecular flexibility index (Phi) is 5.12. The number of halogens is 2. The van der Waals surface area contributed by atoms with Crippen molar-refractivity contribution < 1.29 is 18.3 Å². The van der Waals surface area contributed by atoms with Crippen LogP contribution in [0.3, 0.4) is 0 Å². The summed E-state index contributed by atoms with van der Waals surface area (Å²) in [6.45, 7) is 2.94. The van der Waals surface area contributed by atoms with Crippen molar-refractivity contribution in [2.24, 2.45) is 0 Å². The van der Waals surface area contributed by atoms with Crippen molar-refractivity contribution in [2.45, 2.75) is 38.3 Å². The van der Waals surface area contributed by atoms with Crippen molar-refractivity contribution in [1.82, 2.24) is 5.32 Å². The molecule has 0 spiro atoms. The maximum absolute atomic E-state index is 13.8. The second-order valence-corrected chi connectivity index (χ2v) is 5.38. The fraction of sp³-hybridized carbons (Fsp3) is 0.533. The lowest BCUT2D eigenvalue weighted by Crippen LogP contribution is -2.29. The lowest BCUT2D eigenvalue weighted by molar-refractivity contribution is 0.0595. The summed E-state index contributed by atoms with van der Waals surface area (Å²) in [6.07, 6.45) is 3.09. The predicted molar refractivity (Wildman–Crippen MR) is 76.4 cm³/mol. The number of nitrogens with one attached hydrogen (secondary N) is 2. The molecule has 1 aromatic carbocycles. The molecular weight excluding hydrogens is 278 g/mol. The maximum Gasteiger partial charge on any atom is 0.340 e. The van der Waals surface area contributed by atoms with E-state index in [4.69, 9.17) is 0 Å². The quantitative estimate of drug-likeness (QED) is 0.821. The van der Waals surface area contributed by atoms with Gasteiger partial charge in [0.05, 0.1) is 18.4 Å². The van der Waals surface area contributed by atoms with E-state index in [2.05, 4.69) is 15.4 Å². The van der Waals surface area contributed by atoms with Crippen LogP contribution in [-0.4, -0.2) is 31.7 Å². The molecule has 21 heavy (non-hydrogen) atoms. The van der Waals surface area contributed by atoms with E-state index in [0.29, 0.717) is 12.1 Å².